The van der Waals surface area contributed by atoms with Crippen molar-refractivity contribution in [2.45, 2.75) is 45.7 Å². The number of anilines is 1. The van der Waals surface area contributed by atoms with Gasteiger partial charge in [-0.2, -0.15) is 0 Å². The molecular formula is C16H25N3O. The van der Waals surface area contributed by atoms with Crippen LogP contribution in [-0.4, -0.2) is 36.1 Å². The van der Waals surface area contributed by atoms with Crippen molar-refractivity contribution in [3.05, 3.63) is 29.8 Å². The van der Waals surface area contributed by atoms with Gasteiger partial charge in [0.05, 0.1) is 0 Å². The number of hydrogen-bond donors (Lipinski definition) is 2. The number of benzene rings is 1. The molecule has 0 bridgehead atoms. The van der Waals surface area contributed by atoms with Gasteiger partial charge in [0.15, 0.2) is 0 Å². The monoisotopic (exact) mass is 275 g/mol. The molecule has 0 aliphatic carbocycles. The second-order valence-electron chi connectivity index (χ2n) is 5.90. The molecule has 1 heterocycles. The van der Waals surface area contributed by atoms with Gasteiger partial charge in [-0.25, -0.2) is 4.79 Å². The molecular weight excluding hydrogens is 250 g/mol. The highest BCUT2D eigenvalue weighted by Crippen LogP contribution is 2.13. The van der Waals surface area contributed by atoms with E-state index in [1.54, 1.807) is 0 Å². The number of carbonyl (C=O) groups excluding carboxylic acids is 1. The predicted molar refractivity (Wildman–Crippen MR) is 83.1 cm³/mol. The summed E-state index contributed by atoms with van der Waals surface area (Å²) >= 11 is 0. The molecule has 4 nitrogen and oxygen atoms in total. The summed E-state index contributed by atoms with van der Waals surface area (Å²) in [6.07, 6.45) is 2.21. The SMILES string of the molecule is Cc1cccc(NC(=O)N[C@@H]2CCCN(C(C)C)C2)c1. The molecule has 2 N–H and O–H groups in total. The quantitative estimate of drug-likeness (QED) is 0.890. The third kappa shape index (κ3) is 4.23. The van der Waals surface area contributed by atoms with Crippen LogP contribution in [0, 0.1) is 6.92 Å². The van der Waals surface area contributed by atoms with E-state index in [1.807, 2.05) is 31.2 Å². The van der Waals surface area contributed by atoms with Crippen molar-refractivity contribution in [1.29, 1.82) is 0 Å². The van der Waals surface area contributed by atoms with Gasteiger partial charge in [-0.15, -0.1) is 0 Å². The first-order chi connectivity index (χ1) is 9.54. The molecule has 0 unspecified atom stereocenters. The van der Waals surface area contributed by atoms with E-state index in [4.69, 9.17) is 0 Å². The summed E-state index contributed by atoms with van der Waals surface area (Å²) < 4.78 is 0. The highest BCUT2D eigenvalue weighted by atomic mass is 16.2. The lowest BCUT2D eigenvalue weighted by Gasteiger charge is -2.35. The van der Waals surface area contributed by atoms with Crippen molar-refractivity contribution in [3.63, 3.8) is 0 Å². The first-order valence-corrected chi connectivity index (χ1v) is 7.43. The zero-order valence-corrected chi connectivity index (χ0v) is 12.6. The van der Waals surface area contributed by atoms with Crippen LogP contribution in [0.5, 0.6) is 0 Å². The van der Waals surface area contributed by atoms with Gasteiger partial charge in [-0.1, -0.05) is 12.1 Å². The summed E-state index contributed by atoms with van der Waals surface area (Å²) in [5.74, 6) is 0. The number of nitrogens with one attached hydrogen (secondary N) is 2. The van der Waals surface area contributed by atoms with Crippen LogP contribution in [0.15, 0.2) is 24.3 Å². The van der Waals surface area contributed by atoms with Crippen LogP contribution < -0.4 is 10.6 Å². The normalized spacial score (nSPS) is 19.9. The zero-order valence-electron chi connectivity index (χ0n) is 12.6. The van der Waals surface area contributed by atoms with Gasteiger partial charge in [0.1, 0.15) is 0 Å². The molecule has 110 valence electrons. The summed E-state index contributed by atoms with van der Waals surface area (Å²) in [6, 6.07) is 8.53. The number of hydrogen-bond acceptors (Lipinski definition) is 2. The number of urea groups is 1. The minimum absolute atomic E-state index is 0.105. The molecule has 1 aromatic rings. The molecule has 0 spiro atoms. The Balaban J connectivity index is 1.85. The highest BCUT2D eigenvalue weighted by Gasteiger charge is 2.22. The molecule has 20 heavy (non-hydrogen) atoms. The maximum Gasteiger partial charge on any atom is 0.319 e. The molecule has 0 aromatic heterocycles. The average molecular weight is 275 g/mol. The number of amides is 2. The van der Waals surface area contributed by atoms with Crippen LogP contribution in [0.25, 0.3) is 0 Å². The molecule has 0 radical (unpaired) electrons. The third-order valence-corrected chi connectivity index (χ3v) is 3.79. The van der Waals surface area contributed by atoms with E-state index in [9.17, 15) is 4.79 Å². The minimum Gasteiger partial charge on any atom is -0.334 e. The maximum absolute atomic E-state index is 12.0. The fourth-order valence-electron chi connectivity index (χ4n) is 2.67. The van der Waals surface area contributed by atoms with Crippen molar-refractivity contribution in [2.24, 2.45) is 0 Å². The van der Waals surface area contributed by atoms with E-state index >= 15 is 0 Å². The van der Waals surface area contributed by atoms with Crippen LogP contribution in [0.3, 0.4) is 0 Å². The summed E-state index contributed by atoms with van der Waals surface area (Å²) in [7, 11) is 0. The van der Waals surface area contributed by atoms with Crippen molar-refractivity contribution in [1.82, 2.24) is 10.2 Å². The Morgan fingerprint density at radius 1 is 1.40 bits per heavy atom. The first-order valence-electron chi connectivity index (χ1n) is 7.43. The Bertz CT molecular complexity index is 459. The Hall–Kier alpha value is -1.55. The van der Waals surface area contributed by atoms with E-state index in [-0.39, 0.29) is 12.1 Å². The zero-order chi connectivity index (χ0) is 14.5. The standard InChI is InChI=1S/C16H25N3O/c1-12(2)19-9-5-8-15(11-19)18-16(20)17-14-7-4-6-13(3)10-14/h4,6-7,10,12,15H,5,8-9,11H2,1-3H3,(H2,17,18,20)/t15-/m1/s1. The molecule has 0 saturated carbocycles. The van der Waals surface area contributed by atoms with Crippen molar-refractivity contribution in [2.75, 3.05) is 18.4 Å². The summed E-state index contributed by atoms with van der Waals surface area (Å²) in [5, 5.41) is 5.99. The number of aryl methyl sites for hydroxylation is 1. The second kappa shape index (κ2) is 6.75. The van der Waals surface area contributed by atoms with Crippen LogP contribution in [-0.2, 0) is 0 Å². The number of carbonyl (C=O) groups is 1. The van der Waals surface area contributed by atoms with Crippen LogP contribution in [0.2, 0.25) is 0 Å². The first kappa shape index (κ1) is 14.9. The Morgan fingerprint density at radius 3 is 2.90 bits per heavy atom. The molecule has 1 aliphatic heterocycles. The molecule has 2 rings (SSSR count). The van der Waals surface area contributed by atoms with Gasteiger partial charge in [-0.05, 0) is 57.9 Å². The lowest BCUT2D eigenvalue weighted by molar-refractivity contribution is 0.156. The van der Waals surface area contributed by atoms with E-state index in [0.717, 1.165) is 37.2 Å². The third-order valence-electron chi connectivity index (χ3n) is 3.79. The molecule has 4 heteroatoms. The fourth-order valence-corrected chi connectivity index (χ4v) is 2.67. The van der Waals surface area contributed by atoms with E-state index in [2.05, 4.69) is 29.4 Å². The smallest absolute Gasteiger partial charge is 0.319 e. The predicted octanol–water partition coefficient (Wildman–Crippen LogP) is 2.99. The summed E-state index contributed by atoms with van der Waals surface area (Å²) in [6.45, 7) is 8.50. The Labute approximate surface area is 121 Å². The van der Waals surface area contributed by atoms with Crippen LogP contribution >= 0.6 is 0 Å². The molecule has 2 amide bonds. The minimum atomic E-state index is -0.105. The number of rotatable bonds is 3. The van der Waals surface area contributed by atoms with Crippen molar-refractivity contribution >= 4 is 11.7 Å². The molecule has 1 atom stereocenters. The van der Waals surface area contributed by atoms with Gasteiger partial charge in [-0.3, -0.25) is 4.90 Å². The molecule has 1 fully saturated rings. The van der Waals surface area contributed by atoms with Gasteiger partial charge < -0.3 is 10.6 Å². The average Bonchev–Trinajstić information content (AvgIpc) is 2.38. The van der Waals surface area contributed by atoms with Crippen LogP contribution in [0.4, 0.5) is 10.5 Å². The molecule has 1 saturated heterocycles. The van der Waals surface area contributed by atoms with E-state index in [0.29, 0.717) is 6.04 Å². The van der Waals surface area contributed by atoms with Gasteiger partial charge >= 0.3 is 6.03 Å². The summed E-state index contributed by atoms with van der Waals surface area (Å²) in [5.41, 5.74) is 1.99. The fraction of sp³-hybridized carbons (Fsp3) is 0.562. The van der Waals surface area contributed by atoms with E-state index < -0.39 is 0 Å². The van der Waals surface area contributed by atoms with Gasteiger partial charge in [0.2, 0.25) is 0 Å². The Kier molecular flexibility index (Phi) is 5.01. The van der Waals surface area contributed by atoms with E-state index in [1.165, 1.54) is 0 Å². The van der Waals surface area contributed by atoms with Crippen molar-refractivity contribution < 1.29 is 4.79 Å². The molecule has 1 aromatic carbocycles. The molecule has 1 aliphatic rings. The number of piperidine rings is 1. The van der Waals surface area contributed by atoms with Crippen molar-refractivity contribution in [3.8, 4) is 0 Å². The topological polar surface area (TPSA) is 44.4 Å². The summed E-state index contributed by atoms with van der Waals surface area (Å²) in [4.78, 5) is 14.4. The van der Waals surface area contributed by atoms with Gasteiger partial charge in [0, 0.05) is 24.3 Å². The Morgan fingerprint density at radius 2 is 2.20 bits per heavy atom. The second-order valence-corrected chi connectivity index (χ2v) is 5.90. The highest BCUT2D eigenvalue weighted by molar-refractivity contribution is 5.89. The largest absolute Gasteiger partial charge is 0.334 e. The number of nitrogens with zero attached hydrogens (tertiary/aromatic N) is 1. The maximum atomic E-state index is 12.0. The lowest BCUT2D eigenvalue weighted by Crippen LogP contribution is -2.50. The van der Waals surface area contributed by atoms with Gasteiger partial charge in [0.25, 0.3) is 0 Å². The lowest BCUT2D eigenvalue weighted by atomic mass is 10.0. The van der Waals surface area contributed by atoms with Crippen LogP contribution in [0.1, 0.15) is 32.3 Å². The number of likely N-dealkylation sites (tertiary alicyclic amines) is 1.